The molecule has 0 saturated carbocycles. The molecule has 0 aromatic carbocycles. The SMILES string of the molecule is C#C[C@@](C)(O)COC. The summed E-state index contributed by atoms with van der Waals surface area (Å²) in [6, 6.07) is 0. The quantitative estimate of drug-likeness (QED) is 0.513. The lowest BCUT2D eigenvalue weighted by Crippen LogP contribution is -2.27. The molecule has 2 heteroatoms. The molecule has 0 saturated heterocycles. The summed E-state index contributed by atoms with van der Waals surface area (Å²) in [5, 5.41) is 8.96. The van der Waals surface area contributed by atoms with Crippen molar-refractivity contribution in [3.63, 3.8) is 0 Å². The first-order valence-corrected chi connectivity index (χ1v) is 2.31. The van der Waals surface area contributed by atoms with Gasteiger partial charge in [0.25, 0.3) is 0 Å². The van der Waals surface area contributed by atoms with E-state index in [1.807, 2.05) is 0 Å². The van der Waals surface area contributed by atoms with Crippen LogP contribution in [0.2, 0.25) is 0 Å². The highest BCUT2D eigenvalue weighted by atomic mass is 16.5. The minimum atomic E-state index is -1.10. The minimum Gasteiger partial charge on any atom is -0.381 e. The van der Waals surface area contributed by atoms with Gasteiger partial charge in [0.15, 0.2) is 0 Å². The van der Waals surface area contributed by atoms with Gasteiger partial charge in [0.05, 0.1) is 6.61 Å². The molecule has 0 aromatic heterocycles. The summed E-state index contributed by atoms with van der Waals surface area (Å²) in [7, 11) is 1.49. The van der Waals surface area contributed by atoms with E-state index in [0.29, 0.717) is 0 Å². The molecule has 0 heterocycles. The van der Waals surface area contributed by atoms with Crippen LogP contribution in [0.25, 0.3) is 0 Å². The van der Waals surface area contributed by atoms with Crippen molar-refractivity contribution in [3.05, 3.63) is 0 Å². The van der Waals surface area contributed by atoms with Crippen LogP contribution in [0, 0.1) is 12.3 Å². The molecule has 0 aromatic rings. The van der Waals surface area contributed by atoms with E-state index < -0.39 is 5.60 Å². The van der Waals surface area contributed by atoms with Crippen LogP contribution in [0.5, 0.6) is 0 Å². The molecule has 8 heavy (non-hydrogen) atoms. The Bertz CT molecular complexity index is 99.6. The Balaban J connectivity index is 3.59. The third-order valence-electron chi connectivity index (χ3n) is 0.736. The molecule has 0 bridgehead atoms. The molecular formula is C6H10O2. The summed E-state index contributed by atoms with van der Waals surface area (Å²) < 4.78 is 4.61. The molecular weight excluding hydrogens is 104 g/mol. The lowest BCUT2D eigenvalue weighted by atomic mass is 10.1. The largest absolute Gasteiger partial charge is 0.381 e. The van der Waals surface area contributed by atoms with Crippen molar-refractivity contribution < 1.29 is 9.84 Å². The van der Waals surface area contributed by atoms with Crippen molar-refractivity contribution in [2.75, 3.05) is 13.7 Å². The Hall–Kier alpha value is -0.520. The molecule has 0 radical (unpaired) electrons. The maximum atomic E-state index is 8.96. The Morgan fingerprint density at radius 3 is 2.50 bits per heavy atom. The Kier molecular flexibility index (Phi) is 2.53. The second-order valence-corrected chi connectivity index (χ2v) is 1.85. The van der Waals surface area contributed by atoms with Gasteiger partial charge in [0.2, 0.25) is 0 Å². The fourth-order valence-electron chi connectivity index (χ4n) is 0.323. The third kappa shape index (κ3) is 2.62. The predicted molar refractivity (Wildman–Crippen MR) is 31.3 cm³/mol. The summed E-state index contributed by atoms with van der Waals surface area (Å²) in [6.45, 7) is 1.71. The standard InChI is InChI=1S/C6H10O2/c1-4-6(2,7)5-8-3/h1,7H,5H2,2-3H3/t6-/m1/s1. The molecule has 0 unspecified atom stereocenters. The van der Waals surface area contributed by atoms with Crippen molar-refractivity contribution in [2.24, 2.45) is 0 Å². The molecule has 0 aliphatic heterocycles. The van der Waals surface area contributed by atoms with Crippen LogP contribution in [0.1, 0.15) is 6.92 Å². The monoisotopic (exact) mass is 114 g/mol. The summed E-state index contributed by atoms with van der Waals surface area (Å²) in [6.07, 6.45) is 4.91. The van der Waals surface area contributed by atoms with Crippen LogP contribution in [-0.4, -0.2) is 24.4 Å². The third-order valence-corrected chi connectivity index (χ3v) is 0.736. The van der Waals surface area contributed by atoms with E-state index in [9.17, 15) is 0 Å². The second kappa shape index (κ2) is 2.71. The van der Waals surface area contributed by atoms with Crippen molar-refractivity contribution >= 4 is 0 Å². The van der Waals surface area contributed by atoms with Crippen molar-refractivity contribution in [1.29, 1.82) is 0 Å². The van der Waals surface area contributed by atoms with E-state index in [1.54, 1.807) is 0 Å². The van der Waals surface area contributed by atoms with Crippen LogP contribution >= 0.6 is 0 Å². The summed E-state index contributed by atoms with van der Waals surface area (Å²) >= 11 is 0. The molecule has 1 N–H and O–H groups in total. The van der Waals surface area contributed by atoms with Gasteiger partial charge in [-0.1, -0.05) is 5.92 Å². The topological polar surface area (TPSA) is 29.5 Å². The zero-order chi connectivity index (χ0) is 6.62. The number of ether oxygens (including phenoxy) is 1. The van der Waals surface area contributed by atoms with Gasteiger partial charge in [0.1, 0.15) is 5.60 Å². The van der Waals surface area contributed by atoms with Crippen LogP contribution in [0.4, 0.5) is 0 Å². The van der Waals surface area contributed by atoms with Crippen molar-refractivity contribution in [2.45, 2.75) is 12.5 Å². The maximum absolute atomic E-state index is 8.96. The summed E-state index contributed by atoms with van der Waals surface area (Å²) in [5.41, 5.74) is -1.10. The van der Waals surface area contributed by atoms with Gasteiger partial charge in [0, 0.05) is 7.11 Å². The Morgan fingerprint density at radius 2 is 2.38 bits per heavy atom. The molecule has 0 fully saturated rings. The van der Waals surface area contributed by atoms with E-state index in [-0.39, 0.29) is 6.61 Å². The van der Waals surface area contributed by atoms with Gasteiger partial charge in [-0.2, -0.15) is 0 Å². The number of aliphatic hydroxyl groups is 1. The molecule has 46 valence electrons. The smallest absolute Gasteiger partial charge is 0.145 e. The predicted octanol–water partition coefficient (Wildman–Crippen LogP) is 0.0170. The fraction of sp³-hybridized carbons (Fsp3) is 0.667. The molecule has 2 nitrogen and oxygen atoms in total. The van der Waals surface area contributed by atoms with E-state index in [4.69, 9.17) is 11.5 Å². The van der Waals surface area contributed by atoms with Crippen LogP contribution in [0.15, 0.2) is 0 Å². The lowest BCUT2D eigenvalue weighted by Gasteiger charge is -2.13. The molecule has 1 atom stereocenters. The molecule has 0 amide bonds. The average molecular weight is 114 g/mol. The first kappa shape index (κ1) is 7.48. The number of methoxy groups -OCH3 is 1. The first-order chi connectivity index (χ1) is 3.62. The number of hydrogen-bond acceptors (Lipinski definition) is 2. The van der Waals surface area contributed by atoms with E-state index >= 15 is 0 Å². The fourth-order valence-corrected chi connectivity index (χ4v) is 0.323. The number of rotatable bonds is 2. The van der Waals surface area contributed by atoms with Crippen molar-refractivity contribution in [3.8, 4) is 12.3 Å². The molecule has 0 spiro atoms. The van der Waals surface area contributed by atoms with Crippen molar-refractivity contribution in [1.82, 2.24) is 0 Å². The Labute approximate surface area is 49.5 Å². The van der Waals surface area contributed by atoms with E-state index in [0.717, 1.165) is 0 Å². The summed E-state index contributed by atoms with van der Waals surface area (Å²) in [4.78, 5) is 0. The second-order valence-electron chi connectivity index (χ2n) is 1.85. The highest BCUT2D eigenvalue weighted by Gasteiger charge is 2.14. The van der Waals surface area contributed by atoms with Gasteiger partial charge in [-0.05, 0) is 6.92 Å². The summed E-state index contributed by atoms with van der Waals surface area (Å²) in [5.74, 6) is 2.17. The highest BCUT2D eigenvalue weighted by Crippen LogP contribution is 1.98. The van der Waals surface area contributed by atoms with Gasteiger partial charge in [-0.15, -0.1) is 6.42 Å². The van der Waals surface area contributed by atoms with Gasteiger partial charge < -0.3 is 9.84 Å². The zero-order valence-electron chi connectivity index (χ0n) is 5.14. The first-order valence-electron chi connectivity index (χ1n) is 2.31. The molecule has 0 aliphatic carbocycles. The van der Waals surface area contributed by atoms with Gasteiger partial charge in [-0.25, -0.2) is 0 Å². The maximum Gasteiger partial charge on any atom is 0.145 e. The molecule has 0 rings (SSSR count). The van der Waals surface area contributed by atoms with Gasteiger partial charge in [-0.3, -0.25) is 0 Å². The Morgan fingerprint density at radius 1 is 1.88 bits per heavy atom. The molecule has 0 aliphatic rings. The van der Waals surface area contributed by atoms with Crippen LogP contribution < -0.4 is 0 Å². The highest BCUT2D eigenvalue weighted by molar-refractivity contribution is 5.04. The van der Waals surface area contributed by atoms with E-state index in [2.05, 4.69) is 10.7 Å². The lowest BCUT2D eigenvalue weighted by molar-refractivity contribution is 0.0275. The normalized spacial score (nSPS) is 16.8. The minimum absolute atomic E-state index is 0.184. The van der Waals surface area contributed by atoms with Gasteiger partial charge >= 0.3 is 0 Å². The number of hydrogen-bond donors (Lipinski definition) is 1. The zero-order valence-corrected chi connectivity index (χ0v) is 5.14. The number of terminal acetylenes is 1. The van der Waals surface area contributed by atoms with Crippen LogP contribution in [-0.2, 0) is 4.74 Å². The van der Waals surface area contributed by atoms with Crippen LogP contribution in [0.3, 0.4) is 0 Å². The van der Waals surface area contributed by atoms with E-state index in [1.165, 1.54) is 14.0 Å². The average Bonchev–Trinajstić information content (AvgIpc) is 1.67.